The monoisotopic (exact) mass is 327 g/mol. The van der Waals surface area contributed by atoms with Gasteiger partial charge in [0.15, 0.2) is 0 Å². The van der Waals surface area contributed by atoms with Crippen molar-refractivity contribution in [1.29, 1.82) is 5.26 Å². The number of anilines is 1. The molecular formula is C18H21N3O3. The van der Waals surface area contributed by atoms with Crippen molar-refractivity contribution in [3.05, 3.63) is 41.6 Å². The Morgan fingerprint density at radius 3 is 2.50 bits per heavy atom. The van der Waals surface area contributed by atoms with E-state index >= 15 is 0 Å². The molecule has 24 heavy (non-hydrogen) atoms. The molecule has 3 N–H and O–H groups in total. The number of hydrogen-bond acceptors (Lipinski definition) is 4. The van der Waals surface area contributed by atoms with Gasteiger partial charge in [0.05, 0.1) is 5.56 Å². The summed E-state index contributed by atoms with van der Waals surface area (Å²) in [7, 11) is 0. The molecule has 126 valence electrons. The van der Waals surface area contributed by atoms with Crippen LogP contribution in [0.3, 0.4) is 0 Å². The second-order valence-electron chi connectivity index (χ2n) is 6.04. The minimum absolute atomic E-state index is 0.00455. The van der Waals surface area contributed by atoms with Crippen LogP contribution in [0.1, 0.15) is 43.0 Å². The first-order valence-corrected chi connectivity index (χ1v) is 8.02. The molecule has 0 heterocycles. The van der Waals surface area contributed by atoms with Crippen LogP contribution in [0, 0.1) is 17.2 Å². The van der Waals surface area contributed by atoms with Crippen LogP contribution in [0.4, 0.5) is 5.69 Å². The van der Waals surface area contributed by atoms with Gasteiger partial charge in [0.2, 0.25) is 0 Å². The Hall–Kier alpha value is -2.81. The predicted molar refractivity (Wildman–Crippen MR) is 90.3 cm³/mol. The highest BCUT2D eigenvalue weighted by Gasteiger charge is 2.20. The van der Waals surface area contributed by atoms with Gasteiger partial charge in [-0.15, -0.1) is 0 Å². The van der Waals surface area contributed by atoms with Gasteiger partial charge < -0.3 is 15.7 Å². The molecule has 1 aliphatic carbocycles. The summed E-state index contributed by atoms with van der Waals surface area (Å²) in [6.07, 6.45) is 6.04. The Morgan fingerprint density at radius 2 is 1.92 bits per heavy atom. The third-order valence-corrected chi connectivity index (χ3v) is 4.31. The zero-order chi connectivity index (χ0) is 17.5. The Kier molecular flexibility index (Phi) is 5.96. The number of hydrogen-bond donors (Lipinski definition) is 3. The van der Waals surface area contributed by atoms with Crippen LogP contribution in [0.2, 0.25) is 0 Å². The molecular weight excluding hydrogens is 306 g/mol. The number of aromatic carboxylic acids is 1. The Labute approximate surface area is 141 Å². The van der Waals surface area contributed by atoms with Crippen molar-refractivity contribution in [3.8, 4) is 6.07 Å². The first kappa shape index (κ1) is 17.5. The summed E-state index contributed by atoms with van der Waals surface area (Å²) in [5, 5.41) is 23.8. The van der Waals surface area contributed by atoms with Crippen molar-refractivity contribution < 1.29 is 14.7 Å². The van der Waals surface area contributed by atoms with Gasteiger partial charge in [0, 0.05) is 17.9 Å². The molecule has 0 radical (unpaired) electrons. The highest BCUT2D eigenvalue weighted by molar-refractivity contribution is 6.06. The number of benzene rings is 1. The van der Waals surface area contributed by atoms with Gasteiger partial charge in [-0.1, -0.05) is 19.8 Å². The molecule has 1 aromatic carbocycles. The summed E-state index contributed by atoms with van der Waals surface area (Å²) in [5.74, 6) is -1.03. The lowest BCUT2D eigenvalue weighted by molar-refractivity contribution is -0.112. The smallest absolute Gasteiger partial charge is 0.335 e. The number of carboxylic acid groups (broad SMARTS) is 1. The van der Waals surface area contributed by atoms with E-state index in [2.05, 4.69) is 17.6 Å². The quantitative estimate of drug-likeness (QED) is 0.570. The Balaban J connectivity index is 1.99. The van der Waals surface area contributed by atoms with E-state index in [1.807, 2.05) is 6.07 Å². The van der Waals surface area contributed by atoms with Crippen molar-refractivity contribution in [2.24, 2.45) is 5.92 Å². The van der Waals surface area contributed by atoms with Gasteiger partial charge in [-0.2, -0.15) is 5.26 Å². The third-order valence-electron chi connectivity index (χ3n) is 4.31. The second kappa shape index (κ2) is 8.16. The van der Waals surface area contributed by atoms with E-state index in [1.54, 1.807) is 0 Å². The molecule has 1 amide bonds. The molecule has 2 atom stereocenters. The summed E-state index contributed by atoms with van der Waals surface area (Å²) in [6, 6.07) is 7.96. The van der Waals surface area contributed by atoms with Crippen molar-refractivity contribution in [2.45, 2.75) is 38.6 Å². The molecule has 6 heteroatoms. The standard InChI is InChI=1S/C18H21N3O3/c1-12-4-2-3-5-16(12)20-11-14(10-19)17(22)21-15-8-6-13(7-9-15)18(23)24/h6-9,11-12,16,20H,2-5H2,1H3,(H,21,22)(H,23,24)/b14-11-. The summed E-state index contributed by atoms with van der Waals surface area (Å²) in [6.45, 7) is 2.17. The molecule has 1 aliphatic rings. The molecule has 1 fully saturated rings. The number of amides is 1. The first-order chi connectivity index (χ1) is 11.5. The zero-order valence-electron chi connectivity index (χ0n) is 13.6. The number of nitrogens with zero attached hydrogens (tertiary/aromatic N) is 1. The first-order valence-electron chi connectivity index (χ1n) is 8.02. The summed E-state index contributed by atoms with van der Waals surface area (Å²) < 4.78 is 0. The molecule has 1 aromatic rings. The summed E-state index contributed by atoms with van der Waals surface area (Å²) in [5.41, 5.74) is 0.573. The van der Waals surface area contributed by atoms with Crippen LogP contribution < -0.4 is 10.6 Å². The lowest BCUT2D eigenvalue weighted by Crippen LogP contribution is -2.34. The van der Waals surface area contributed by atoms with Crippen LogP contribution in [0.25, 0.3) is 0 Å². The van der Waals surface area contributed by atoms with Crippen LogP contribution in [-0.4, -0.2) is 23.0 Å². The fraction of sp³-hybridized carbons (Fsp3) is 0.389. The molecule has 2 unspecified atom stereocenters. The van der Waals surface area contributed by atoms with Crippen molar-refractivity contribution in [1.82, 2.24) is 5.32 Å². The van der Waals surface area contributed by atoms with Gasteiger partial charge in [-0.3, -0.25) is 4.79 Å². The third kappa shape index (κ3) is 4.59. The van der Waals surface area contributed by atoms with Gasteiger partial charge in [0.25, 0.3) is 5.91 Å². The molecule has 6 nitrogen and oxygen atoms in total. The van der Waals surface area contributed by atoms with E-state index in [0.717, 1.165) is 19.3 Å². The van der Waals surface area contributed by atoms with Crippen LogP contribution in [0.5, 0.6) is 0 Å². The van der Waals surface area contributed by atoms with E-state index in [0.29, 0.717) is 11.6 Å². The lowest BCUT2D eigenvalue weighted by atomic mass is 9.86. The Bertz CT molecular complexity index is 674. The number of carbonyl (C=O) groups is 2. The van der Waals surface area contributed by atoms with Gasteiger partial charge in [-0.05, 0) is 43.0 Å². The highest BCUT2D eigenvalue weighted by Crippen LogP contribution is 2.23. The van der Waals surface area contributed by atoms with Crippen molar-refractivity contribution >= 4 is 17.6 Å². The van der Waals surface area contributed by atoms with Gasteiger partial charge in [0.1, 0.15) is 11.6 Å². The maximum Gasteiger partial charge on any atom is 0.335 e. The van der Waals surface area contributed by atoms with E-state index < -0.39 is 11.9 Å². The Morgan fingerprint density at radius 1 is 1.25 bits per heavy atom. The average molecular weight is 327 g/mol. The van der Waals surface area contributed by atoms with E-state index in [9.17, 15) is 14.9 Å². The van der Waals surface area contributed by atoms with E-state index in [-0.39, 0.29) is 17.2 Å². The number of carboxylic acids is 1. The molecule has 0 saturated heterocycles. The number of carbonyl (C=O) groups excluding carboxylic acids is 1. The van der Waals surface area contributed by atoms with Crippen LogP contribution >= 0.6 is 0 Å². The molecule has 0 bridgehead atoms. The fourth-order valence-corrected chi connectivity index (χ4v) is 2.80. The van der Waals surface area contributed by atoms with Gasteiger partial charge >= 0.3 is 5.97 Å². The highest BCUT2D eigenvalue weighted by atomic mass is 16.4. The summed E-state index contributed by atoms with van der Waals surface area (Å²) >= 11 is 0. The average Bonchev–Trinajstić information content (AvgIpc) is 2.57. The summed E-state index contributed by atoms with van der Waals surface area (Å²) in [4.78, 5) is 23.0. The molecule has 2 rings (SSSR count). The normalized spacial score (nSPS) is 20.8. The molecule has 0 aromatic heterocycles. The van der Waals surface area contributed by atoms with Crippen molar-refractivity contribution in [2.75, 3.05) is 5.32 Å². The maximum absolute atomic E-state index is 12.2. The number of nitrogens with one attached hydrogen (secondary N) is 2. The maximum atomic E-state index is 12.2. The lowest BCUT2D eigenvalue weighted by Gasteiger charge is -2.29. The minimum atomic E-state index is -1.03. The van der Waals surface area contributed by atoms with E-state index in [4.69, 9.17) is 5.11 Å². The zero-order valence-corrected chi connectivity index (χ0v) is 13.6. The minimum Gasteiger partial charge on any atom is -0.478 e. The SMILES string of the molecule is CC1CCCCC1N/C=C(/C#N)C(=O)Nc1ccc(C(=O)O)cc1. The van der Waals surface area contributed by atoms with Crippen LogP contribution in [0.15, 0.2) is 36.0 Å². The second-order valence-corrected chi connectivity index (χ2v) is 6.04. The number of rotatable bonds is 5. The fourth-order valence-electron chi connectivity index (χ4n) is 2.80. The molecule has 0 aliphatic heterocycles. The van der Waals surface area contributed by atoms with Gasteiger partial charge in [-0.25, -0.2) is 4.79 Å². The van der Waals surface area contributed by atoms with E-state index in [1.165, 1.54) is 36.9 Å². The van der Waals surface area contributed by atoms with Crippen molar-refractivity contribution in [3.63, 3.8) is 0 Å². The molecule has 1 saturated carbocycles. The largest absolute Gasteiger partial charge is 0.478 e. The molecule has 0 spiro atoms. The number of nitriles is 1. The predicted octanol–water partition coefficient (Wildman–Crippen LogP) is 2.90. The van der Waals surface area contributed by atoms with Crippen LogP contribution in [-0.2, 0) is 4.79 Å². The topological polar surface area (TPSA) is 102 Å².